The molecule has 0 radical (unpaired) electrons. The van der Waals surface area contributed by atoms with Gasteiger partial charge in [0.05, 0.1) is 0 Å². The summed E-state index contributed by atoms with van der Waals surface area (Å²) in [6.07, 6.45) is -0.590. The maximum atomic E-state index is 12.4. The Balaban J connectivity index is 1.88. The third kappa shape index (κ3) is 6.73. The number of alkyl carbamates (subject to hydrolysis) is 1. The van der Waals surface area contributed by atoms with Crippen LogP contribution in [-0.2, 0) is 11.3 Å². The molecule has 35 heavy (non-hydrogen) atoms. The normalized spacial score (nSPS) is 12.0. The van der Waals surface area contributed by atoms with E-state index in [1.54, 1.807) is 20.8 Å². The van der Waals surface area contributed by atoms with Gasteiger partial charge in [-0.05, 0) is 38.3 Å². The van der Waals surface area contributed by atoms with Crippen molar-refractivity contribution >= 4 is 11.7 Å². The number of carbonyl (C=O) groups is 1. The molecule has 3 rings (SSSR count). The number of rotatable bonds is 8. The van der Waals surface area contributed by atoms with Crippen molar-refractivity contribution in [3.8, 4) is 11.8 Å². The van der Waals surface area contributed by atoms with Gasteiger partial charge in [0.15, 0.2) is 11.5 Å². The van der Waals surface area contributed by atoms with Crippen LogP contribution in [0.5, 0.6) is 5.75 Å². The lowest BCUT2D eigenvalue weighted by Crippen LogP contribution is -2.37. The van der Waals surface area contributed by atoms with Gasteiger partial charge in [-0.2, -0.15) is 5.26 Å². The van der Waals surface area contributed by atoms with Gasteiger partial charge < -0.3 is 19.2 Å². The van der Waals surface area contributed by atoms with Gasteiger partial charge in [-0.3, -0.25) is 0 Å². The first kappa shape index (κ1) is 25.6. The van der Waals surface area contributed by atoms with Gasteiger partial charge in [-0.1, -0.05) is 69.0 Å². The summed E-state index contributed by atoms with van der Waals surface area (Å²) in [4.78, 5) is 16.8. The molecule has 0 aliphatic heterocycles. The number of aromatic nitrogens is 1. The number of nitriles is 1. The van der Waals surface area contributed by atoms with Gasteiger partial charge in [0.2, 0.25) is 5.89 Å². The lowest BCUT2D eigenvalue weighted by molar-refractivity contribution is 0.0479. The van der Waals surface area contributed by atoms with Crippen molar-refractivity contribution in [2.45, 2.75) is 52.9 Å². The third-order valence-electron chi connectivity index (χ3n) is 5.08. The second-order valence-electron chi connectivity index (χ2n) is 9.46. The standard InChI is InChI=1S/C28H31N3O4/c1-18(2)24(31-27(32)35-28(4,5)6)26-30-22(16-29)25(34-26)19(3)21-14-10-11-15-23(21)33-17-20-12-8-7-9-13-20/h7-15,18,24H,3,17H2,1-2,4-6H3,(H,31,32)/t24-/m0/s1. The molecule has 2 aromatic carbocycles. The molecule has 1 heterocycles. The number of amides is 1. The summed E-state index contributed by atoms with van der Waals surface area (Å²) in [5.74, 6) is 0.974. The second kappa shape index (κ2) is 10.9. The van der Waals surface area contributed by atoms with Crippen LogP contribution in [-0.4, -0.2) is 16.7 Å². The van der Waals surface area contributed by atoms with E-state index < -0.39 is 17.7 Å². The summed E-state index contributed by atoms with van der Waals surface area (Å²) < 4.78 is 17.5. The minimum absolute atomic E-state index is 0.0738. The number of oxazole rings is 1. The van der Waals surface area contributed by atoms with Crippen LogP contribution in [0.2, 0.25) is 0 Å². The van der Waals surface area contributed by atoms with Crippen molar-refractivity contribution in [3.63, 3.8) is 0 Å². The summed E-state index contributed by atoms with van der Waals surface area (Å²) in [5, 5.41) is 12.5. The second-order valence-corrected chi connectivity index (χ2v) is 9.46. The van der Waals surface area contributed by atoms with Crippen LogP contribution in [0.1, 0.15) is 69.1 Å². The van der Waals surface area contributed by atoms with Crippen molar-refractivity contribution in [2.75, 3.05) is 0 Å². The fourth-order valence-corrected chi connectivity index (χ4v) is 3.40. The summed E-state index contributed by atoms with van der Waals surface area (Å²) in [6, 6.07) is 18.7. The number of hydrogen-bond donors (Lipinski definition) is 1. The lowest BCUT2D eigenvalue weighted by atomic mass is 10.0. The van der Waals surface area contributed by atoms with Gasteiger partial charge in [-0.25, -0.2) is 9.78 Å². The highest BCUT2D eigenvalue weighted by molar-refractivity contribution is 5.80. The SMILES string of the molecule is C=C(c1ccccc1OCc1ccccc1)c1oc([C@@H](NC(=O)OC(C)(C)C)C(C)C)nc1C#N. The van der Waals surface area contributed by atoms with E-state index in [2.05, 4.69) is 22.9 Å². The Morgan fingerprint density at radius 1 is 1.14 bits per heavy atom. The highest BCUT2D eigenvalue weighted by Gasteiger charge is 2.29. The van der Waals surface area contributed by atoms with Crippen LogP contribution >= 0.6 is 0 Å². The molecule has 7 heteroatoms. The van der Waals surface area contributed by atoms with Crippen LogP contribution < -0.4 is 10.1 Å². The molecule has 3 aromatic rings. The molecule has 0 saturated heterocycles. The minimum Gasteiger partial charge on any atom is -0.488 e. The van der Waals surface area contributed by atoms with Gasteiger partial charge in [0.1, 0.15) is 30.1 Å². The Hall–Kier alpha value is -4.05. The highest BCUT2D eigenvalue weighted by atomic mass is 16.6. The zero-order valence-electron chi connectivity index (χ0n) is 20.8. The predicted molar refractivity (Wildman–Crippen MR) is 134 cm³/mol. The Kier molecular flexibility index (Phi) is 7.98. The van der Waals surface area contributed by atoms with Gasteiger partial charge in [-0.15, -0.1) is 0 Å². The number of carbonyl (C=O) groups excluding carboxylic acids is 1. The fourth-order valence-electron chi connectivity index (χ4n) is 3.40. The van der Waals surface area contributed by atoms with E-state index in [-0.39, 0.29) is 23.3 Å². The molecule has 1 aromatic heterocycles. The molecule has 0 aliphatic carbocycles. The molecule has 1 atom stereocenters. The first-order chi connectivity index (χ1) is 16.6. The molecule has 0 unspecified atom stereocenters. The Bertz CT molecular complexity index is 1220. The van der Waals surface area contributed by atoms with Crippen LogP contribution in [0.3, 0.4) is 0 Å². The number of ether oxygens (including phenoxy) is 2. The number of nitrogens with zero attached hydrogens (tertiary/aromatic N) is 2. The van der Waals surface area contributed by atoms with Crippen LogP contribution in [0.25, 0.3) is 5.57 Å². The van der Waals surface area contributed by atoms with Crippen molar-refractivity contribution in [1.82, 2.24) is 10.3 Å². The molecule has 0 bridgehead atoms. The molecule has 0 fully saturated rings. The largest absolute Gasteiger partial charge is 0.488 e. The molecule has 1 amide bonds. The van der Waals surface area contributed by atoms with E-state index in [0.29, 0.717) is 23.5 Å². The molecule has 182 valence electrons. The molecular weight excluding hydrogens is 442 g/mol. The van der Waals surface area contributed by atoms with E-state index in [0.717, 1.165) is 5.56 Å². The van der Waals surface area contributed by atoms with Gasteiger partial charge >= 0.3 is 6.09 Å². The van der Waals surface area contributed by atoms with E-state index in [1.807, 2.05) is 68.4 Å². The average Bonchev–Trinajstić information content (AvgIpc) is 3.24. The molecule has 0 saturated carbocycles. The average molecular weight is 474 g/mol. The minimum atomic E-state index is -0.650. The first-order valence-corrected chi connectivity index (χ1v) is 11.4. The topological polar surface area (TPSA) is 97.4 Å². The molecule has 7 nitrogen and oxygen atoms in total. The first-order valence-electron chi connectivity index (χ1n) is 11.4. The maximum Gasteiger partial charge on any atom is 0.408 e. The maximum absolute atomic E-state index is 12.4. The van der Waals surface area contributed by atoms with Crippen molar-refractivity contribution in [2.24, 2.45) is 5.92 Å². The zero-order chi connectivity index (χ0) is 25.6. The summed E-state index contributed by atoms with van der Waals surface area (Å²) in [6.45, 7) is 13.7. The lowest BCUT2D eigenvalue weighted by Gasteiger charge is -2.24. The third-order valence-corrected chi connectivity index (χ3v) is 5.08. The van der Waals surface area contributed by atoms with Crippen molar-refractivity contribution in [1.29, 1.82) is 5.26 Å². The van der Waals surface area contributed by atoms with E-state index in [4.69, 9.17) is 13.9 Å². The van der Waals surface area contributed by atoms with Crippen molar-refractivity contribution < 1.29 is 18.7 Å². The monoisotopic (exact) mass is 473 g/mol. The van der Waals surface area contributed by atoms with E-state index in [9.17, 15) is 10.1 Å². The molecule has 0 aliphatic rings. The number of para-hydroxylation sites is 1. The number of nitrogens with one attached hydrogen (secondary N) is 1. The Labute approximate surface area is 206 Å². The van der Waals surface area contributed by atoms with E-state index in [1.165, 1.54) is 0 Å². The van der Waals surface area contributed by atoms with Gasteiger partial charge in [0, 0.05) is 11.1 Å². The van der Waals surface area contributed by atoms with Crippen molar-refractivity contribution in [3.05, 3.63) is 89.6 Å². The summed E-state index contributed by atoms with van der Waals surface area (Å²) in [7, 11) is 0. The smallest absolute Gasteiger partial charge is 0.408 e. The highest BCUT2D eigenvalue weighted by Crippen LogP contribution is 2.34. The number of benzene rings is 2. The number of hydrogen-bond acceptors (Lipinski definition) is 6. The predicted octanol–water partition coefficient (Wildman–Crippen LogP) is 6.41. The Morgan fingerprint density at radius 2 is 1.80 bits per heavy atom. The molecular formula is C28H31N3O4. The summed E-state index contributed by atoms with van der Waals surface area (Å²) >= 11 is 0. The quantitative estimate of drug-likeness (QED) is 0.406. The summed E-state index contributed by atoms with van der Waals surface area (Å²) in [5.41, 5.74) is 1.61. The van der Waals surface area contributed by atoms with Crippen LogP contribution in [0.4, 0.5) is 4.79 Å². The molecule has 0 spiro atoms. The Morgan fingerprint density at radius 3 is 2.43 bits per heavy atom. The zero-order valence-corrected chi connectivity index (χ0v) is 20.8. The van der Waals surface area contributed by atoms with Crippen LogP contribution in [0.15, 0.2) is 65.6 Å². The van der Waals surface area contributed by atoms with Crippen LogP contribution in [0, 0.1) is 17.2 Å². The van der Waals surface area contributed by atoms with E-state index >= 15 is 0 Å². The fraction of sp³-hybridized carbons (Fsp3) is 0.321. The van der Waals surface area contributed by atoms with Gasteiger partial charge in [0.25, 0.3) is 0 Å². The molecule has 1 N–H and O–H groups in total.